The molecule has 2 unspecified atom stereocenters. The Hall–Kier alpha value is -0.0700. The molecule has 3 aliphatic rings. The van der Waals surface area contributed by atoms with Crippen LogP contribution in [0.3, 0.4) is 0 Å². The van der Waals surface area contributed by atoms with E-state index < -0.39 is 5.54 Å². The number of carbonyl (C=O) groups is 1. The number of nitrogens with zero attached hydrogens (tertiary/aromatic N) is 2. The molecule has 1 aliphatic carbocycles. The second kappa shape index (κ2) is 11.2. The molecule has 0 spiro atoms. The lowest BCUT2D eigenvalue weighted by Gasteiger charge is -2.40. The predicted octanol–water partition coefficient (Wildman–Crippen LogP) is 3.23. The van der Waals surface area contributed by atoms with Gasteiger partial charge in [-0.15, -0.1) is 24.8 Å². The van der Waals surface area contributed by atoms with Gasteiger partial charge in [0.05, 0.1) is 17.7 Å². The summed E-state index contributed by atoms with van der Waals surface area (Å²) in [5, 5.41) is 0. The van der Waals surface area contributed by atoms with Crippen molar-refractivity contribution in [1.82, 2.24) is 9.80 Å². The van der Waals surface area contributed by atoms with Gasteiger partial charge in [-0.1, -0.05) is 19.3 Å². The Morgan fingerprint density at radius 2 is 1.59 bits per heavy atom. The third-order valence-electron chi connectivity index (χ3n) is 6.42. The van der Waals surface area contributed by atoms with E-state index in [9.17, 15) is 4.79 Å². The average molecular weight is 424 g/mol. The fourth-order valence-corrected chi connectivity index (χ4v) is 4.97. The summed E-state index contributed by atoms with van der Waals surface area (Å²) < 4.78 is 5.82. The highest BCUT2D eigenvalue weighted by Gasteiger charge is 2.39. The Kier molecular flexibility index (Phi) is 10.4. The van der Waals surface area contributed by atoms with Crippen LogP contribution in [0.1, 0.15) is 65.2 Å². The van der Waals surface area contributed by atoms with Crippen LogP contribution in [0.5, 0.6) is 0 Å². The molecule has 0 aromatic rings. The fourth-order valence-electron chi connectivity index (χ4n) is 4.97. The smallest absolute Gasteiger partial charge is 0.242 e. The number of likely N-dealkylation sites (tertiary alicyclic amines) is 1. The molecule has 27 heavy (non-hydrogen) atoms. The van der Waals surface area contributed by atoms with E-state index in [-0.39, 0.29) is 30.7 Å². The van der Waals surface area contributed by atoms with Crippen LogP contribution in [-0.2, 0) is 9.53 Å². The number of morpholine rings is 1. The van der Waals surface area contributed by atoms with E-state index in [4.69, 9.17) is 10.5 Å². The molecule has 0 aromatic carbocycles. The Balaban J connectivity index is 0.00000182. The first-order valence-corrected chi connectivity index (χ1v) is 10.4. The van der Waals surface area contributed by atoms with Crippen LogP contribution in [0.4, 0.5) is 0 Å². The Morgan fingerprint density at radius 1 is 1.04 bits per heavy atom. The largest absolute Gasteiger partial charge is 0.373 e. The van der Waals surface area contributed by atoms with E-state index in [1.54, 1.807) is 0 Å². The van der Waals surface area contributed by atoms with Gasteiger partial charge >= 0.3 is 0 Å². The van der Waals surface area contributed by atoms with E-state index in [0.717, 1.165) is 77.2 Å². The highest BCUT2D eigenvalue weighted by atomic mass is 35.5. The number of amides is 1. The Morgan fingerprint density at radius 3 is 2.15 bits per heavy atom. The number of hydrogen-bond donors (Lipinski definition) is 1. The maximum Gasteiger partial charge on any atom is 0.242 e. The van der Waals surface area contributed by atoms with Crippen LogP contribution in [0.25, 0.3) is 0 Å². The molecule has 7 heteroatoms. The molecule has 3 rings (SSSR count). The number of carbonyl (C=O) groups excluding carboxylic acids is 1. The normalized spacial score (nSPS) is 29.5. The zero-order valence-corrected chi connectivity index (χ0v) is 18.7. The minimum absolute atomic E-state index is 0. The lowest BCUT2D eigenvalue weighted by atomic mass is 9.80. The van der Waals surface area contributed by atoms with Crippen molar-refractivity contribution in [2.75, 3.05) is 32.7 Å². The minimum atomic E-state index is -0.564. The molecule has 0 radical (unpaired) electrons. The van der Waals surface area contributed by atoms with Crippen LogP contribution in [0, 0.1) is 5.92 Å². The minimum Gasteiger partial charge on any atom is -0.373 e. The van der Waals surface area contributed by atoms with Gasteiger partial charge in [-0.2, -0.15) is 0 Å². The van der Waals surface area contributed by atoms with Gasteiger partial charge in [-0.3, -0.25) is 9.69 Å². The molecule has 2 N–H and O–H groups in total. The summed E-state index contributed by atoms with van der Waals surface area (Å²) in [5.41, 5.74) is 5.88. The summed E-state index contributed by atoms with van der Waals surface area (Å²) in [5.74, 6) is 0.971. The van der Waals surface area contributed by atoms with E-state index in [1.807, 2.05) is 0 Å². The second-order valence-electron chi connectivity index (χ2n) is 8.76. The highest BCUT2D eigenvalue weighted by molar-refractivity contribution is 5.86. The molecule has 3 fully saturated rings. The van der Waals surface area contributed by atoms with Crippen LogP contribution in [0.15, 0.2) is 0 Å². The molecule has 2 aliphatic heterocycles. The van der Waals surface area contributed by atoms with E-state index in [0.29, 0.717) is 12.2 Å². The zero-order valence-electron chi connectivity index (χ0n) is 17.0. The summed E-state index contributed by atoms with van der Waals surface area (Å²) in [7, 11) is 0. The van der Waals surface area contributed by atoms with Gasteiger partial charge < -0.3 is 15.4 Å². The third-order valence-corrected chi connectivity index (χ3v) is 6.42. The molecule has 160 valence electrons. The molecule has 2 heterocycles. The average Bonchev–Trinajstić information content (AvgIpc) is 2.60. The lowest BCUT2D eigenvalue weighted by molar-refractivity contribution is -0.139. The van der Waals surface area contributed by atoms with Gasteiger partial charge in [-0.05, 0) is 58.4 Å². The molecular formula is C20H39Cl2N3O2. The summed E-state index contributed by atoms with van der Waals surface area (Å²) in [6, 6.07) is 0. The summed E-state index contributed by atoms with van der Waals surface area (Å²) >= 11 is 0. The van der Waals surface area contributed by atoms with Gasteiger partial charge in [0, 0.05) is 26.2 Å². The molecule has 5 nitrogen and oxygen atoms in total. The van der Waals surface area contributed by atoms with Crippen molar-refractivity contribution in [3.63, 3.8) is 0 Å². The van der Waals surface area contributed by atoms with Crippen molar-refractivity contribution in [2.24, 2.45) is 11.7 Å². The van der Waals surface area contributed by atoms with E-state index in [2.05, 4.69) is 23.6 Å². The number of piperidine rings is 1. The van der Waals surface area contributed by atoms with Crippen LogP contribution < -0.4 is 5.73 Å². The van der Waals surface area contributed by atoms with Crippen molar-refractivity contribution in [3.05, 3.63) is 0 Å². The standard InChI is InChI=1S/C20H37N3O2.2ClH/c1-16-14-22(15-17(2)25-16)11-6-18-7-12-23(13-8-18)19(24)20(21)9-4-3-5-10-20;;/h16-18H,3-15,21H2,1-2H3;2*1H. The van der Waals surface area contributed by atoms with Crippen molar-refractivity contribution >= 4 is 30.7 Å². The molecule has 0 bridgehead atoms. The SMILES string of the molecule is CC1CN(CCC2CCN(C(=O)C3(N)CCCCC3)CC2)CC(C)O1.Cl.Cl. The van der Waals surface area contributed by atoms with Gasteiger partial charge in [0.2, 0.25) is 5.91 Å². The third kappa shape index (κ3) is 6.74. The number of nitrogens with two attached hydrogens (primary N) is 1. The van der Waals surface area contributed by atoms with Gasteiger partial charge in [0.15, 0.2) is 0 Å². The summed E-state index contributed by atoms with van der Waals surface area (Å²) in [4.78, 5) is 17.4. The van der Waals surface area contributed by atoms with Crippen LogP contribution in [0.2, 0.25) is 0 Å². The number of halogens is 2. The van der Waals surface area contributed by atoms with Crippen molar-refractivity contribution in [1.29, 1.82) is 0 Å². The van der Waals surface area contributed by atoms with Crippen molar-refractivity contribution in [2.45, 2.75) is 83.0 Å². The monoisotopic (exact) mass is 423 g/mol. The van der Waals surface area contributed by atoms with E-state index in [1.165, 1.54) is 12.8 Å². The van der Waals surface area contributed by atoms with Crippen molar-refractivity contribution in [3.8, 4) is 0 Å². The van der Waals surface area contributed by atoms with Crippen LogP contribution >= 0.6 is 24.8 Å². The molecule has 0 aromatic heterocycles. The number of ether oxygens (including phenoxy) is 1. The molecule has 1 amide bonds. The Labute approximate surface area is 177 Å². The lowest BCUT2D eigenvalue weighted by Crippen LogP contribution is -2.57. The van der Waals surface area contributed by atoms with Crippen LogP contribution in [-0.4, -0.2) is 66.2 Å². The molecule has 2 atom stereocenters. The maximum absolute atomic E-state index is 12.8. The fraction of sp³-hybridized carbons (Fsp3) is 0.950. The highest BCUT2D eigenvalue weighted by Crippen LogP contribution is 2.30. The predicted molar refractivity (Wildman–Crippen MR) is 115 cm³/mol. The van der Waals surface area contributed by atoms with Gasteiger partial charge in [0.1, 0.15) is 0 Å². The molecular weight excluding hydrogens is 385 g/mol. The van der Waals surface area contributed by atoms with Gasteiger partial charge in [0.25, 0.3) is 0 Å². The second-order valence-corrected chi connectivity index (χ2v) is 8.76. The molecule has 1 saturated carbocycles. The first-order valence-electron chi connectivity index (χ1n) is 10.4. The topological polar surface area (TPSA) is 58.8 Å². The summed E-state index contributed by atoms with van der Waals surface area (Å²) in [6.45, 7) is 9.41. The summed E-state index contributed by atoms with van der Waals surface area (Å²) in [6.07, 6.45) is 9.40. The Bertz CT molecular complexity index is 443. The first kappa shape index (κ1) is 25.0. The number of rotatable bonds is 4. The van der Waals surface area contributed by atoms with Gasteiger partial charge in [-0.25, -0.2) is 0 Å². The van der Waals surface area contributed by atoms with Crippen molar-refractivity contribution < 1.29 is 9.53 Å². The maximum atomic E-state index is 12.8. The van der Waals surface area contributed by atoms with E-state index >= 15 is 0 Å². The zero-order chi connectivity index (χ0) is 17.9. The molecule has 2 saturated heterocycles. The number of hydrogen-bond acceptors (Lipinski definition) is 4. The first-order chi connectivity index (χ1) is 12.0. The quantitative estimate of drug-likeness (QED) is 0.753.